The molecule has 3 rings (SSSR count). The van der Waals surface area contributed by atoms with Crippen molar-refractivity contribution < 1.29 is 42.4 Å². The van der Waals surface area contributed by atoms with Crippen LogP contribution >= 0.6 is 0 Å². The molecule has 0 aromatic heterocycles. The Morgan fingerprint density at radius 2 is 2.06 bits per heavy atom. The molecule has 1 saturated heterocycles. The molecule has 31 heavy (non-hydrogen) atoms. The van der Waals surface area contributed by atoms with Crippen LogP contribution in [0.4, 0.5) is 10.1 Å². The molecule has 0 radical (unpaired) electrons. The normalized spacial score (nSPS) is 30.9. The van der Waals surface area contributed by atoms with E-state index < -0.39 is 63.3 Å². The zero-order valence-corrected chi connectivity index (χ0v) is 18.0. The van der Waals surface area contributed by atoms with Crippen molar-refractivity contribution in [3.8, 4) is 0 Å². The van der Waals surface area contributed by atoms with E-state index in [4.69, 9.17) is 9.47 Å². The van der Waals surface area contributed by atoms with Gasteiger partial charge in [-0.15, -0.1) is 0 Å². The molecular weight excluding hydrogens is 433 g/mol. The van der Waals surface area contributed by atoms with Gasteiger partial charge in [0, 0.05) is 6.42 Å². The summed E-state index contributed by atoms with van der Waals surface area (Å²) in [5, 5.41) is 27.8. The summed E-state index contributed by atoms with van der Waals surface area (Å²) in [5.74, 6) is -3.56. The fourth-order valence-corrected chi connectivity index (χ4v) is 5.69. The Balaban J connectivity index is 1.95. The summed E-state index contributed by atoms with van der Waals surface area (Å²) in [7, 11) is -4.20. The maximum atomic E-state index is 13.3. The molecule has 0 bridgehead atoms. The average Bonchev–Trinajstić information content (AvgIpc) is 3.03. The molecule has 2 unspecified atom stereocenters. The number of aliphatic hydroxyl groups is 2. The van der Waals surface area contributed by atoms with Crippen molar-refractivity contribution in [2.24, 2.45) is 0 Å². The third kappa shape index (κ3) is 4.33. The van der Waals surface area contributed by atoms with Crippen LogP contribution in [0.2, 0.25) is 0 Å². The van der Waals surface area contributed by atoms with E-state index in [1.54, 1.807) is 6.92 Å². The summed E-state index contributed by atoms with van der Waals surface area (Å²) < 4.78 is 53.4. The highest BCUT2D eigenvalue weighted by Gasteiger charge is 2.57. The molecule has 0 amide bonds. The van der Waals surface area contributed by atoms with Gasteiger partial charge in [0.15, 0.2) is 5.79 Å². The number of rotatable bonds is 7. The van der Waals surface area contributed by atoms with Gasteiger partial charge in [-0.2, -0.15) is 0 Å². The molecule has 0 saturated carbocycles. The lowest BCUT2D eigenvalue weighted by atomic mass is 9.93. The first-order valence-electron chi connectivity index (χ1n) is 9.85. The number of hydrogen-bond donors (Lipinski definition) is 4. The highest BCUT2D eigenvalue weighted by molar-refractivity contribution is 7.93. The van der Waals surface area contributed by atoms with Crippen LogP contribution in [-0.4, -0.2) is 65.7 Å². The second-order valence-corrected chi connectivity index (χ2v) is 9.68. The van der Waals surface area contributed by atoms with Gasteiger partial charge >= 0.3 is 5.97 Å². The van der Waals surface area contributed by atoms with Gasteiger partial charge in [-0.3, -0.25) is 4.72 Å². The number of aliphatic hydroxyl groups excluding tert-OH is 2. The number of anilines is 1. The van der Waals surface area contributed by atoms with Crippen LogP contribution < -0.4 is 4.72 Å². The summed E-state index contributed by atoms with van der Waals surface area (Å²) in [5.41, 5.74) is -1.18. The molecular formula is C20H26FNO8S. The number of nitrogens with one attached hydrogen (secondary N) is 1. The molecule has 4 atom stereocenters. The maximum absolute atomic E-state index is 13.3. The van der Waals surface area contributed by atoms with Crippen LogP contribution in [-0.2, 0) is 24.3 Å². The fourth-order valence-electron chi connectivity index (χ4n) is 4.08. The number of hydrogen-bond acceptors (Lipinski definition) is 7. The molecule has 1 aromatic rings. The van der Waals surface area contributed by atoms with E-state index >= 15 is 0 Å². The van der Waals surface area contributed by atoms with Crippen LogP contribution in [0, 0.1) is 12.7 Å². The summed E-state index contributed by atoms with van der Waals surface area (Å²) in [4.78, 5) is 11.9. The molecule has 1 heterocycles. The van der Waals surface area contributed by atoms with Gasteiger partial charge < -0.3 is 24.8 Å². The summed E-state index contributed by atoms with van der Waals surface area (Å²) in [6.07, 6.45) is 0.352. The van der Waals surface area contributed by atoms with Crippen molar-refractivity contribution in [3.05, 3.63) is 41.2 Å². The predicted molar refractivity (Wildman–Crippen MR) is 108 cm³/mol. The van der Waals surface area contributed by atoms with Crippen molar-refractivity contribution in [2.45, 2.75) is 55.9 Å². The van der Waals surface area contributed by atoms with E-state index in [0.29, 0.717) is 12.0 Å². The van der Waals surface area contributed by atoms with Gasteiger partial charge in [-0.25, -0.2) is 17.6 Å². The zero-order valence-electron chi connectivity index (χ0n) is 17.2. The van der Waals surface area contributed by atoms with Gasteiger partial charge in [0.05, 0.1) is 24.5 Å². The van der Waals surface area contributed by atoms with Crippen molar-refractivity contribution in [2.75, 3.05) is 17.9 Å². The first-order valence-corrected chi connectivity index (χ1v) is 11.4. The third-order valence-corrected chi connectivity index (χ3v) is 7.62. The third-order valence-electron chi connectivity index (χ3n) is 5.88. The van der Waals surface area contributed by atoms with E-state index in [1.165, 1.54) is 13.0 Å². The van der Waals surface area contributed by atoms with Gasteiger partial charge in [-0.1, -0.05) is 6.92 Å². The lowest BCUT2D eigenvalue weighted by molar-refractivity contribution is -0.171. The van der Waals surface area contributed by atoms with Gasteiger partial charge in [0.25, 0.3) is 0 Å². The number of aliphatic carboxylic acids is 1. The fraction of sp³-hybridized carbons (Fsp3) is 0.550. The molecule has 1 spiro atoms. The SMILES string of the molecule is CC[C@@]1(CO)OC2(C=C(C(=O)O)C(S(=O)(=O)Nc3ccc(F)cc3C)CC2)O[C@H]1CO. The highest BCUT2D eigenvalue weighted by Crippen LogP contribution is 2.46. The highest BCUT2D eigenvalue weighted by atomic mass is 32.2. The topological polar surface area (TPSA) is 142 Å². The number of aryl methyl sites for hydroxylation is 1. The molecule has 172 valence electrons. The van der Waals surface area contributed by atoms with E-state index in [9.17, 15) is 32.9 Å². The van der Waals surface area contributed by atoms with E-state index in [-0.39, 0.29) is 18.5 Å². The second-order valence-electron chi connectivity index (χ2n) is 7.82. The van der Waals surface area contributed by atoms with Crippen molar-refractivity contribution in [3.63, 3.8) is 0 Å². The summed E-state index contributed by atoms with van der Waals surface area (Å²) in [6.45, 7) is 2.34. The molecule has 2 aliphatic rings. The van der Waals surface area contributed by atoms with Crippen LogP contribution in [0.25, 0.3) is 0 Å². The Kier molecular flexibility index (Phi) is 6.45. The van der Waals surface area contributed by atoms with E-state index in [0.717, 1.165) is 18.2 Å². The minimum absolute atomic E-state index is 0.00396. The number of carboxylic acids is 1. The minimum atomic E-state index is -4.20. The molecule has 1 aromatic carbocycles. The van der Waals surface area contributed by atoms with Crippen LogP contribution in [0.5, 0.6) is 0 Å². The summed E-state index contributed by atoms with van der Waals surface area (Å²) >= 11 is 0. The lowest BCUT2D eigenvalue weighted by Crippen LogP contribution is -2.46. The second kappa shape index (κ2) is 8.47. The Bertz CT molecular complexity index is 991. The maximum Gasteiger partial charge on any atom is 0.332 e. The lowest BCUT2D eigenvalue weighted by Gasteiger charge is -2.34. The molecule has 4 N–H and O–H groups in total. The van der Waals surface area contributed by atoms with Gasteiger partial charge in [0.2, 0.25) is 10.0 Å². The zero-order chi connectivity index (χ0) is 23.0. The summed E-state index contributed by atoms with van der Waals surface area (Å²) in [6, 6.07) is 3.53. The van der Waals surface area contributed by atoms with E-state index in [2.05, 4.69) is 4.72 Å². The number of carboxylic acid groups (broad SMARTS) is 1. The number of ether oxygens (including phenoxy) is 2. The molecule has 1 aliphatic heterocycles. The van der Waals surface area contributed by atoms with Gasteiger partial charge in [0.1, 0.15) is 22.8 Å². The quantitative estimate of drug-likeness (QED) is 0.478. The van der Waals surface area contributed by atoms with Crippen molar-refractivity contribution in [1.82, 2.24) is 0 Å². The predicted octanol–water partition coefficient (Wildman–Crippen LogP) is 1.29. The monoisotopic (exact) mass is 459 g/mol. The minimum Gasteiger partial charge on any atom is -0.478 e. The first kappa shape index (κ1) is 23.6. The number of benzene rings is 1. The standard InChI is InChI=1S/C20H26FNO8S/c1-3-19(11-24)17(10-23)29-20(30-19)7-6-16(14(9-20)18(25)26)31(27,28)22-15-5-4-13(21)8-12(15)2/h4-5,8-9,16-17,22-24H,3,6-7,10-11H2,1-2H3,(H,25,26)/t16?,17-,19-,20?/m0/s1. The number of carbonyl (C=O) groups is 1. The van der Waals surface area contributed by atoms with Crippen molar-refractivity contribution in [1.29, 1.82) is 0 Å². The molecule has 9 nitrogen and oxygen atoms in total. The molecule has 1 fully saturated rings. The molecule has 1 aliphatic carbocycles. The van der Waals surface area contributed by atoms with Gasteiger partial charge in [-0.05, 0) is 49.6 Å². The van der Waals surface area contributed by atoms with E-state index in [1.807, 2.05) is 0 Å². The number of halogens is 1. The Hall–Kier alpha value is -2.05. The average molecular weight is 459 g/mol. The largest absolute Gasteiger partial charge is 0.478 e. The smallest absolute Gasteiger partial charge is 0.332 e. The number of sulfonamides is 1. The van der Waals surface area contributed by atoms with Crippen LogP contribution in [0.15, 0.2) is 29.8 Å². The van der Waals surface area contributed by atoms with Crippen LogP contribution in [0.1, 0.15) is 31.7 Å². The Morgan fingerprint density at radius 1 is 1.35 bits per heavy atom. The first-order chi connectivity index (χ1) is 14.5. The van der Waals surface area contributed by atoms with Crippen molar-refractivity contribution >= 4 is 21.7 Å². The Morgan fingerprint density at radius 3 is 2.58 bits per heavy atom. The Labute approximate surface area is 179 Å². The molecule has 11 heteroatoms. The van der Waals surface area contributed by atoms with Crippen LogP contribution in [0.3, 0.4) is 0 Å².